The quantitative estimate of drug-likeness (QED) is 0.525. The summed E-state index contributed by atoms with van der Waals surface area (Å²) in [5, 5.41) is 1.83. The molecule has 2 amide bonds. The maximum Gasteiger partial charge on any atom is 0.314 e. The Bertz CT molecular complexity index is 617. The van der Waals surface area contributed by atoms with E-state index in [1.54, 1.807) is 30.3 Å². The fraction of sp³-hybridized carbons (Fsp3) is 0.214. The number of esters is 1. The summed E-state index contributed by atoms with van der Waals surface area (Å²) >= 11 is 0.872. The molecular formula is C14H11NO4S. The SMILES string of the molecule is O=C1NC(=O)C(=Cc2ccc(OC(=O)C3CC3)cc2)S1. The first-order valence-corrected chi connectivity index (χ1v) is 7.00. The molecule has 0 radical (unpaired) electrons. The van der Waals surface area contributed by atoms with Crippen LogP contribution in [0.25, 0.3) is 6.08 Å². The van der Waals surface area contributed by atoms with E-state index in [2.05, 4.69) is 5.32 Å². The van der Waals surface area contributed by atoms with E-state index in [0.29, 0.717) is 10.7 Å². The van der Waals surface area contributed by atoms with Crippen molar-refractivity contribution in [2.45, 2.75) is 12.8 Å². The molecule has 1 aromatic carbocycles. The lowest BCUT2D eigenvalue weighted by Crippen LogP contribution is -2.17. The normalized spacial score (nSPS) is 20.1. The summed E-state index contributed by atoms with van der Waals surface area (Å²) in [5.41, 5.74) is 0.767. The lowest BCUT2D eigenvalue weighted by molar-refractivity contribution is -0.135. The minimum Gasteiger partial charge on any atom is -0.426 e. The molecule has 2 aliphatic rings. The Balaban J connectivity index is 1.69. The number of amides is 2. The Morgan fingerprint density at radius 1 is 1.25 bits per heavy atom. The van der Waals surface area contributed by atoms with Gasteiger partial charge in [0.25, 0.3) is 11.1 Å². The fourth-order valence-electron chi connectivity index (χ4n) is 1.72. The van der Waals surface area contributed by atoms with Crippen molar-refractivity contribution in [1.29, 1.82) is 0 Å². The number of hydrogen-bond acceptors (Lipinski definition) is 5. The lowest BCUT2D eigenvalue weighted by atomic mass is 10.2. The highest BCUT2D eigenvalue weighted by Gasteiger charge is 2.31. The summed E-state index contributed by atoms with van der Waals surface area (Å²) < 4.78 is 5.20. The number of benzene rings is 1. The molecule has 0 aromatic heterocycles. The zero-order valence-corrected chi connectivity index (χ0v) is 11.2. The van der Waals surface area contributed by atoms with Gasteiger partial charge < -0.3 is 4.74 Å². The van der Waals surface area contributed by atoms with Gasteiger partial charge in [-0.3, -0.25) is 19.7 Å². The molecule has 6 heteroatoms. The van der Waals surface area contributed by atoms with Gasteiger partial charge in [0.15, 0.2) is 0 Å². The molecule has 1 heterocycles. The predicted molar refractivity (Wildman–Crippen MR) is 73.9 cm³/mol. The van der Waals surface area contributed by atoms with Gasteiger partial charge in [-0.05, 0) is 48.4 Å². The molecule has 1 N–H and O–H groups in total. The number of ether oxygens (including phenoxy) is 1. The lowest BCUT2D eigenvalue weighted by Gasteiger charge is -2.03. The van der Waals surface area contributed by atoms with Crippen LogP contribution in [0, 0.1) is 5.92 Å². The van der Waals surface area contributed by atoms with Crippen molar-refractivity contribution in [2.24, 2.45) is 5.92 Å². The van der Waals surface area contributed by atoms with Crippen LogP contribution in [0.3, 0.4) is 0 Å². The first kappa shape index (κ1) is 12.9. The molecule has 102 valence electrons. The summed E-state index contributed by atoms with van der Waals surface area (Å²) in [7, 11) is 0. The van der Waals surface area contributed by atoms with Crippen molar-refractivity contribution in [2.75, 3.05) is 0 Å². The van der Waals surface area contributed by atoms with Crippen molar-refractivity contribution in [3.63, 3.8) is 0 Å². The van der Waals surface area contributed by atoms with E-state index < -0.39 is 0 Å². The minimum absolute atomic E-state index is 0.0568. The summed E-state index contributed by atoms with van der Waals surface area (Å²) in [5.74, 6) is -0.0262. The van der Waals surface area contributed by atoms with E-state index in [0.717, 1.165) is 30.2 Å². The third kappa shape index (κ3) is 2.91. The Morgan fingerprint density at radius 3 is 2.50 bits per heavy atom. The van der Waals surface area contributed by atoms with Crippen LogP contribution < -0.4 is 10.1 Å². The van der Waals surface area contributed by atoms with Crippen LogP contribution in [0.15, 0.2) is 29.2 Å². The Labute approximate surface area is 119 Å². The van der Waals surface area contributed by atoms with E-state index in [4.69, 9.17) is 4.74 Å². The molecule has 5 nitrogen and oxygen atoms in total. The van der Waals surface area contributed by atoms with Gasteiger partial charge in [-0.2, -0.15) is 0 Å². The molecule has 0 spiro atoms. The van der Waals surface area contributed by atoms with Crippen LogP contribution >= 0.6 is 11.8 Å². The van der Waals surface area contributed by atoms with Crippen LogP contribution in [-0.2, 0) is 9.59 Å². The van der Waals surface area contributed by atoms with Gasteiger partial charge in [0.1, 0.15) is 5.75 Å². The van der Waals surface area contributed by atoms with Crippen molar-refractivity contribution < 1.29 is 19.1 Å². The van der Waals surface area contributed by atoms with E-state index in [1.165, 1.54) is 0 Å². The smallest absolute Gasteiger partial charge is 0.314 e. The molecule has 1 aliphatic heterocycles. The minimum atomic E-state index is -0.385. The molecule has 3 rings (SSSR count). The van der Waals surface area contributed by atoms with Crippen LogP contribution in [0.4, 0.5) is 4.79 Å². The van der Waals surface area contributed by atoms with Crippen molar-refractivity contribution >= 4 is 35.0 Å². The van der Waals surface area contributed by atoms with Crippen LogP contribution in [0.2, 0.25) is 0 Å². The number of rotatable bonds is 3. The molecule has 0 bridgehead atoms. The van der Waals surface area contributed by atoms with Crippen molar-refractivity contribution in [3.05, 3.63) is 34.7 Å². The topological polar surface area (TPSA) is 72.5 Å². The molecule has 2 fully saturated rings. The monoisotopic (exact) mass is 289 g/mol. The largest absolute Gasteiger partial charge is 0.426 e. The number of imide groups is 1. The number of hydrogen-bond donors (Lipinski definition) is 1. The molecular weight excluding hydrogens is 278 g/mol. The second-order valence-corrected chi connectivity index (χ2v) is 5.63. The molecule has 20 heavy (non-hydrogen) atoms. The standard InChI is InChI=1S/C14H11NO4S/c16-12-11(20-14(18)15-12)7-8-1-5-10(6-2-8)19-13(17)9-3-4-9/h1-2,5-7,9H,3-4H2,(H,15,16,18). The van der Waals surface area contributed by atoms with Crippen LogP contribution in [0.5, 0.6) is 5.75 Å². The average molecular weight is 289 g/mol. The van der Waals surface area contributed by atoms with Gasteiger partial charge in [0.05, 0.1) is 10.8 Å². The fourth-order valence-corrected chi connectivity index (χ4v) is 2.41. The van der Waals surface area contributed by atoms with Crippen LogP contribution in [-0.4, -0.2) is 17.1 Å². The summed E-state index contributed by atoms with van der Waals surface area (Å²) in [6.45, 7) is 0. The number of carbonyl (C=O) groups is 3. The number of nitrogens with one attached hydrogen (secondary N) is 1. The Hall–Kier alpha value is -2.08. The van der Waals surface area contributed by atoms with Crippen LogP contribution in [0.1, 0.15) is 18.4 Å². The van der Waals surface area contributed by atoms with Gasteiger partial charge >= 0.3 is 5.97 Å². The molecule has 1 saturated heterocycles. The summed E-state index contributed by atoms with van der Waals surface area (Å²) in [6, 6.07) is 6.82. The highest BCUT2D eigenvalue weighted by atomic mass is 32.2. The Morgan fingerprint density at radius 2 is 1.95 bits per heavy atom. The van der Waals surface area contributed by atoms with Gasteiger partial charge in [-0.25, -0.2) is 0 Å². The van der Waals surface area contributed by atoms with E-state index >= 15 is 0 Å². The molecule has 1 aliphatic carbocycles. The summed E-state index contributed by atoms with van der Waals surface area (Å²) in [4.78, 5) is 34.3. The molecule has 0 unspecified atom stereocenters. The first-order valence-electron chi connectivity index (χ1n) is 6.18. The van der Waals surface area contributed by atoms with E-state index in [9.17, 15) is 14.4 Å². The second-order valence-electron chi connectivity index (χ2n) is 4.62. The molecule has 0 atom stereocenters. The average Bonchev–Trinajstić information content (AvgIpc) is 3.20. The van der Waals surface area contributed by atoms with Gasteiger partial charge in [-0.15, -0.1) is 0 Å². The summed E-state index contributed by atoms with van der Waals surface area (Å²) in [6.07, 6.45) is 3.43. The predicted octanol–water partition coefficient (Wildman–Crippen LogP) is 2.33. The first-order chi connectivity index (χ1) is 9.61. The maximum absolute atomic E-state index is 11.5. The third-order valence-electron chi connectivity index (χ3n) is 2.95. The number of carbonyl (C=O) groups excluding carboxylic acids is 3. The highest BCUT2D eigenvalue weighted by Crippen LogP contribution is 2.31. The molecule has 1 saturated carbocycles. The zero-order chi connectivity index (χ0) is 14.1. The van der Waals surface area contributed by atoms with Crippen molar-refractivity contribution in [3.8, 4) is 5.75 Å². The second kappa shape index (κ2) is 5.13. The maximum atomic E-state index is 11.5. The van der Waals surface area contributed by atoms with Gasteiger partial charge in [0, 0.05) is 0 Å². The van der Waals surface area contributed by atoms with Gasteiger partial charge in [0.2, 0.25) is 0 Å². The Kier molecular flexibility index (Phi) is 3.31. The number of thioether (sulfide) groups is 1. The van der Waals surface area contributed by atoms with E-state index in [1.807, 2.05) is 0 Å². The molecule has 1 aromatic rings. The van der Waals surface area contributed by atoms with Crippen molar-refractivity contribution in [1.82, 2.24) is 5.32 Å². The van der Waals surface area contributed by atoms with E-state index in [-0.39, 0.29) is 23.0 Å². The van der Waals surface area contributed by atoms with Gasteiger partial charge in [-0.1, -0.05) is 12.1 Å². The zero-order valence-electron chi connectivity index (χ0n) is 10.4. The third-order valence-corrected chi connectivity index (χ3v) is 3.76. The highest BCUT2D eigenvalue weighted by molar-refractivity contribution is 8.18.